The number of carbonyl (C=O) groups is 2. The Morgan fingerprint density at radius 3 is 2.10 bits per heavy atom. The standard InChI is InChI=1S/C43H56F3N5.C11H20O.C2H4F2.C2H4O/c1-29(2)23-35-25-37(9-7-31(35)5)50-21-19-49(20-22-50)16-12-33-13-17-51(18-14-33)42-41(43(44,45)46)26-36(27-48-42)34-8-10-39(32(6)24-34)40-28-47-15-11-38(40)30(3)4;1-5-6-11(12)8-7-10(4)9(2)3;1-2(3)4;1-2-3/h7-11,15,24-30,33,42,48H,12-14,16-23H2,1-6H3;10H,2,5-8H2,1,3-4H3;2H,1H3;2H,1H3. The molecule has 6 rings (SSSR count). The number of piperidine rings is 1. The van der Waals surface area contributed by atoms with Crippen LogP contribution in [0.4, 0.5) is 27.6 Å². The van der Waals surface area contributed by atoms with Crippen molar-refractivity contribution in [3.63, 3.8) is 0 Å². The molecule has 1 N–H and O–H groups in total. The number of aldehydes is 1. The maximum atomic E-state index is 14.6. The van der Waals surface area contributed by atoms with E-state index < -0.39 is 24.3 Å². The van der Waals surface area contributed by atoms with Gasteiger partial charge in [-0.1, -0.05) is 78.0 Å². The predicted molar refractivity (Wildman–Crippen MR) is 281 cm³/mol. The van der Waals surface area contributed by atoms with Gasteiger partial charge >= 0.3 is 6.18 Å². The van der Waals surface area contributed by atoms with Gasteiger partial charge in [0.15, 0.2) is 0 Å². The van der Waals surface area contributed by atoms with Crippen molar-refractivity contribution >= 4 is 23.3 Å². The molecule has 3 aliphatic rings. The number of aromatic nitrogens is 1. The van der Waals surface area contributed by atoms with Crippen LogP contribution < -0.4 is 10.2 Å². The molecule has 3 aromatic rings. The average molecular weight is 978 g/mol. The second kappa shape index (κ2) is 29.6. The van der Waals surface area contributed by atoms with Crippen LogP contribution in [0.3, 0.4) is 0 Å². The Bertz CT molecular complexity index is 2150. The zero-order chi connectivity index (χ0) is 52.1. The van der Waals surface area contributed by atoms with Crippen LogP contribution >= 0.6 is 0 Å². The Balaban J connectivity index is 0.000000578. The third-order valence-corrected chi connectivity index (χ3v) is 13.4. The smallest absolute Gasteiger partial charge is 0.371 e. The van der Waals surface area contributed by atoms with Gasteiger partial charge < -0.3 is 15.0 Å². The van der Waals surface area contributed by atoms with Crippen molar-refractivity contribution in [3.05, 3.63) is 113 Å². The summed E-state index contributed by atoms with van der Waals surface area (Å²) in [6.07, 6.45) is 7.57. The fraction of sp³-hybridized carbons (Fsp3) is 0.569. The highest BCUT2D eigenvalue weighted by Gasteiger charge is 2.43. The number of benzene rings is 2. The minimum Gasteiger partial charge on any atom is -0.371 e. The monoisotopic (exact) mass is 978 g/mol. The number of allylic oxidation sites excluding steroid dienone is 3. The fourth-order valence-corrected chi connectivity index (χ4v) is 9.17. The second-order valence-electron chi connectivity index (χ2n) is 20.0. The van der Waals surface area contributed by atoms with Crippen LogP contribution in [0.25, 0.3) is 16.7 Å². The number of nitrogens with zero attached hydrogens (tertiary/aromatic N) is 4. The number of carbonyl (C=O) groups excluding carboxylic acids is 2. The zero-order valence-electron chi connectivity index (χ0n) is 44.2. The summed E-state index contributed by atoms with van der Waals surface area (Å²) >= 11 is 0. The maximum absolute atomic E-state index is 14.6. The van der Waals surface area contributed by atoms with E-state index in [1.165, 1.54) is 41.0 Å². The number of aryl methyl sites for hydroxylation is 2. The van der Waals surface area contributed by atoms with Crippen molar-refractivity contribution in [2.24, 2.45) is 17.8 Å². The van der Waals surface area contributed by atoms with Crippen LogP contribution in [0.2, 0.25) is 0 Å². The van der Waals surface area contributed by atoms with Gasteiger partial charge in [-0.25, -0.2) is 8.78 Å². The first-order valence-corrected chi connectivity index (χ1v) is 25.6. The first kappa shape index (κ1) is 59.6. The average Bonchev–Trinajstić information content (AvgIpc) is 3.31. The molecule has 2 atom stereocenters. The lowest BCUT2D eigenvalue weighted by Crippen LogP contribution is -2.52. The van der Waals surface area contributed by atoms with Crippen LogP contribution in [0.1, 0.15) is 141 Å². The minimum atomic E-state index is -4.43. The summed E-state index contributed by atoms with van der Waals surface area (Å²) in [4.78, 5) is 31.4. The number of piperazine rings is 1. The highest BCUT2D eigenvalue weighted by molar-refractivity contribution is 5.80. The Morgan fingerprint density at radius 1 is 0.900 bits per heavy atom. The molecular weight excluding hydrogens is 894 g/mol. The Hall–Kier alpha value is -4.68. The number of dihydropyridines is 1. The lowest BCUT2D eigenvalue weighted by atomic mass is 9.89. The minimum absolute atomic E-state index is 0.334. The van der Waals surface area contributed by atoms with Crippen molar-refractivity contribution in [3.8, 4) is 11.1 Å². The number of anilines is 1. The topological polar surface area (TPSA) is 68.8 Å². The van der Waals surface area contributed by atoms with Gasteiger partial charge in [-0.05, 0) is 167 Å². The Kier molecular flexibility index (Phi) is 25.2. The van der Waals surface area contributed by atoms with E-state index in [0.29, 0.717) is 48.1 Å². The second-order valence-corrected chi connectivity index (χ2v) is 20.0. The van der Waals surface area contributed by atoms with Crippen LogP contribution in [0, 0.1) is 31.6 Å². The molecule has 2 aromatic carbocycles. The number of rotatable bonds is 16. The highest BCUT2D eigenvalue weighted by atomic mass is 19.4. The van der Waals surface area contributed by atoms with Gasteiger partial charge in [0.1, 0.15) is 18.2 Å². The van der Waals surface area contributed by atoms with Crippen LogP contribution in [0.5, 0.6) is 0 Å². The molecule has 0 aliphatic carbocycles. The summed E-state index contributed by atoms with van der Waals surface area (Å²) in [6.45, 7) is 32.0. The van der Waals surface area contributed by atoms with Crippen molar-refractivity contribution in [1.82, 2.24) is 20.1 Å². The summed E-state index contributed by atoms with van der Waals surface area (Å²) in [7, 11) is 0. The molecule has 0 spiro atoms. The number of hydrogen-bond acceptors (Lipinski definition) is 7. The largest absolute Gasteiger partial charge is 0.415 e. The summed E-state index contributed by atoms with van der Waals surface area (Å²) in [6, 6.07) is 14.9. The molecule has 0 saturated carbocycles. The van der Waals surface area contributed by atoms with Gasteiger partial charge in [0.2, 0.25) is 6.43 Å². The quantitative estimate of drug-likeness (QED) is 0.0871. The number of hydrogen-bond donors (Lipinski definition) is 1. The van der Waals surface area contributed by atoms with E-state index in [1.807, 2.05) is 56.1 Å². The van der Waals surface area contributed by atoms with E-state index in [9.17, 15) is 26.7 Å². The molecule has 70 heavy (non-hydrogen) atoms. The molecule has 2 fully saturated rings. The van der Waals surface area contributed by atoms with Gasteiger partial charge in [0.25, 0.3) is 0 Å². The van der Waals surface area contributed by atoms with Crippen LogP contribution in [0.15, 0.2) is 84.9 Å². The Labute approximate surface area is 418 Å². The molecular formula is C58H84F5N5O2. The third kappa shape index (κ3) is 19.5. The van der Waals surface area contributed by atoms with Crippen molar-refractivity contribution in [1.29, 1.82) is 0 Å². The van der Waals surface area contributed by atoms with Crippen molar-refractivity contribution in [2.45, 2.75) is 152 Å². The van der Waals surface area contributed by atoms with E-state index >= 15 is 0 Å². The molecule has 0 bridgehead atoms. The molecule has 7 nitrogen and oxygen atoms in total. The molecule has 388 valence electrons. The van der Waals surface area contributed by atoms with E-state index in [4.69, 9.17) is 4.79 Å². The van der Waals surface area contributed by atoms with E-state index in [0.717, 1.165) is 120 Å². The normalized spacial score (nSPS) is 17.2. The number of halogens is 5. The molecule has 12 heteroatoms. The van der Waals surface area contributed by atoms with Gasteiger partial charge in [-0.15, -0.1) is 0 Å². The van der Waals surface area contributed by atoms with Gasteiger partial charge in [-0.3, -0.25) is 19.6 Å². The number of pyridine rings is 1. The maximum Gasteiger partial charge on any atom is 0.415 e. The lowest BCUT2D eigenvalue weighted by Gasteiger charge is -2.41. The van der Waals surface area contributed by atoms with Gasteiger partial charge in [0, 0.05) is 82.0 Å². The number of ketones is 1. The number of alkyl halides is 5. The predicted octanol–water partition coefficient (Wildman–Crippen LogP) is 14.2. The SMILES string of the molecule is C=C(C)C(C)CCC(=O)CCC.CC(F)F.CC=O.Cc1ccc(N2CCN(CCC3CCN(C4NC=C(c5ccc(-c6cnccc6C(C)C)c(C)c5)C=C4C(F)(F)F)CC3)CC2)cc1CC(C)C. The number of nitrogens with one attached hydrogen (secondary N) is 1. The molecule has 2 saturated heterocycles. The van der Waals surface area contributed by atoms with Crippen LogP contribution in [-0.4, -0.2) is 91.4 Å². The van der Waals surface area contributed by atoms with E-state index in [2.05, 4.69) is 86.4 Å². The first-order chi connectivity index (χ1) is 33.1. The third-order valence-electron chi connectivity index (χ3n) is 13.4. The first-order valence-electron chi connectivity index (χ1n) is 25.6. The van der Waals surface area contributed by atoms with Crippen LogP contribution in [-0.2, 0) is 16.0 Å². The lowest BCUT2D eigenvalue weighted by molar-refractivity contribution is -0.119. The number of Topliss-reactive ketones (excluding diaryl/α,β-unsaturated/α-hetero) is 1. The Morgan fingerprint density at radius 2 is 1.54 bits per heavy atom. The molecule has 1 aromatic heterocycles. The molecule has 0 amide bonds. The van der Waals surface area contributed by atoms with Crippen molar-refractivity contribution in [2.75, 3.05) is 50.7 Å². The highest BCUT2D eigenvalue weighted by Crippen LogP contribution is 2.38. The number of likely N-dealkylation sites (tertiary alicyclic amines) is 1. The molecule has 4 heterocycles. The van der Waals surface area contributed by atoms with E-state index in [-0.39, 0.29) is 0 Å². The molecule has 2 unspecified atom stereocenters. The van der Waals surface area contributed by atoms with Gasteiger partial charge in [-0.2, -0.15) is 13.2 Å². The summed E-state index contributed by atoms with van der Waals surface area (Å²) in [5, 5.41) is 3.17. The van der Waals surface area contributed by atoms with Crippen molar-refractivity contribution < 1.29 is 31.5 Å². The summed E-state index contributed by atoms with van der Waals surface area (Å²) in [5.74, 6) is 2.41. The fourth-order valence-electron chi connectivity index (χ4n) is 9.17. The molecule has 3 aliphatic heterocycles. The summed E-state index contributed by atoms with van der Waals surface area (Å²) in [5.41, 5.74) is 10.5. The zero-order valence-corrected chi connectivity index (χ0v) is 44.2. The van der Waals surface area contributed by atoms with Gasteiger partial charge in [0.05, 0.1) is 5.57 Å². The molecule has 0 radical (unpaired) electrons. The summed E-state index contributed by atoms with van der Waals surface area (Å²) < 4.78 is 64.4. The van der Waals surface area contributed by atoms with E-state index in [1.54, 1.807) is 12.4 Å².